The van der Waals surface area contributed by atoms with E-state index >= 15 is 0 Å². The average molecular weight is 463 g/mol. The number of anilines is 1. The highest BCUT2D eigenvalue weighted by molar-refractivity contribution is 5.90. The van der Waals surface area contributed by atoms with E-state index in [1.54, 1.807) is 12.0 Å². The number of fused-ring (bicyclic) bond motifs is 1. The number of carbonyl (C=O) groups is 1. The molecule has 7 nitrogen and oxygen atoms in total. The fraction of sp³-hybridized carbons (Fsp3) is 0.481. The van der Waals surface area contributed by atoms with Gasteiger partial charge in [-0.3, -0.25) is 14.5 Å². The average Bonchev–Trinajstić information content (AvgIpc) is 3.31. The predicted molar refractivity (Wildman–Crippen MR) is 133 cm³/mol. The van der Waals surface area contributed by atoms with E-state index in [1.807, 2.05) is 36.4 Å². The smallest absolute Gasteiger partial charge is 0.415 e. The van der Waals surface area contributed by atoms with E-state index < -0.39 is 5.60 Å². The molecular weight excluding hydrogens is 428 g/mol. The van der Waals surface area contributed by atoms with Crippen LogP contribution in [0.5, 0.6) is 5.75 Å². The molecule has 1 spiro atoms. The van der Waals surface area contributed by atoms with Crippen LogP contribution in [0.2, 0.25) is 0 Å². The Morgan fingerprint density at radius 2 is 1.82 bits per heavy atom. The third-order valence-corrected chi connectivity index (χ3v) is 6.84. The number of likely N-dealkylation sites (tertiary alicyclic amines) is 1. The minimum Gasteiger partial charge on any atom is -0.497 e. The summed E-state index contributed by atoms with van der Waals surface area (Å²) in [5, 5.41) is 6.20. The van der Waals surface area contributed by atoms with Gasteiger partial charge in [0.15, 0.2) is 0 Å². The zero-order valence-electron chi connectivity index (χ0n) is 20.6. The quantitative estimate of drug-likeness (QED) is 0.529. The molecule has 0 N–H and O–H groups in total. The molecule has 0 saturated carbocycles. The highest BCUT2D eigenvalue weighted by Crippen LogP contribution is 2.36. The van der Waals surface area contributed by atoms with Crippen LogP contribution in [0.1, 0.15) is 39.3 Å². The lowest BCUT2D eigenvalue weighted by molar-refractivity contribution is -0.00120. The van der Waals surface area contributed by atoms with Crippen molar-refractivity contribution < 1.29 is 14.3 Å². The van der Waals surface area contributed by atoms with E-state index in [2.05, 4.69) is 42.5 Å². The molecule has 1 aromatic heterocycles. The maximum absolute atomic E-state index is 12.6. The molecule has 1 amide bonds. The Bertz CT molecular complexity index is 1170. The van der Waals surface area contributed by atoms with Gasteiger partial charge in [-0.25, -0.2) is 4.79 Å². The van der Waals surface area contributed by atoms with Crippen molar-refractivity contribution in [1.82, 2.24) is 14.7 Å². The molecule has 2 saturated heterocycles. The first-order valence-electron chi connectivity index (χ1n) is 12.1. The number of methoxy groups -OCH3 is 1. The Balaban J connectivity index is 1.30. The maximum atomic E-state index is 12.6. The molecule has 3 aromatic rings. The summed E-state index contributed by atoms with van der Waals surface area (Å²) in [6.45, 7) is 10.7. The van der Waals surface area contributed by atoms with E-state index in [0.29, 0.717) is 6.54 Å². The van der Waals surface area contributed by atoms with Crippen molar-refractivity contribution >= 4 is 22.7 Å². The minimum absolute atomic E-state index is 0.119. The fourth-order valence-electron chi connectivity index (χ4n) is 5.06. The van der Waals surface area contributed by atoms with Crippen LogP contribution >= 0.6 is 0 Å². The van der Waals surface area contributed by atoms with Gasteiger partial charge in [-0.2, -0.15) is 5.10 Å². The van der Waals surface area contributed by atoms with Crippen molar-refractivity contribution in [3.05, 3.63) is 54.2 Å². The number of benzene rings is 2. The molecule has 34 heavy (non-hydrogen) atoms. The van der Waals surface area contributed by atoms with Crippen LogP contribution in [0.3, 0.4) is 0 Å². The van der Waals surface area contributed by atoms with Crippen LogP contribution < -0.4 is 9.64 Å². The molecule has 7 heteroatoms. The summed E-state index contributed by atoms with van der Waals surface area (Å²) in [5.41, 5.74) is 2.82. The topological polar surface area (TPSA) is 59.8 Å². The summed E-state index contributed by atoms with van der Waals surface area (Å²) in [7, 11) is 1.70. The van der Waals surface area contributed by atoms with E-state index in [-0.39, 0.29) is 11.5 Å². The summed E-state index contributed by atoms with van der Waals surface area (Å²) in [6, 6.07) is 16.0. The zero-order chi connectivity index (χ0) is 23.9. The van der Waals surface area contributed by atoms with Gasteiger partial charge < -0.3 is 9.47 Å². The molecular formula is C27H34N4O3. The number of hydrogen-bond donors (Lipinski definition) is 0. The van der Waals surface area contributed by atoms with Gasteiger partial charge in [0.2, 0.25) is 0 Å². The second-order valence-electron chi connectivity index (χ2n) is 10.8. The summed E-state index contributed by atoms with van der Waals surface area (Å²) in [5.74, 6) is 0.847. The monoisotopic (exact) mass is 462 g/mol. The van der Waals surface area contributed by atoms with Crippen LogP contribution in [0, 0.1) is 5.41 Å². The molecule has 2 aromatic carbocycles. The van der Waals surface area contributed by atoms with E-state index in [0.717, 1.165) is 61.7 Å². The Morgan fingerprint density at radius 1 is 1.09 bits per heavy atom. The third kappa shape index (κ3) is 4.49. The van der Waals surface area contributed by atoms with E-state index in [9.17, 15) is 4.79 Å². The Hall–Kier alpha value is -3.06. The lowest BCUT2D eigenvalue weighted by Gasteiger charge is -2.37. The van der Waals surface area contributed by atoms with Crippen LogP contribution in [0.15, 0.2) is 48.5 Å². The number of piperidine rings is 1. The summed E-state index contributed by atoms with van der Waals surface area (Å²) in [6.07, 6.45) is 1.42. The van der Waals surface area contributed by atoms with Crippen molar-refractivity contribution in [3.8, 4) is 5.75 Å². The normalized spacial score (nSPS) is 18.6. The summed E-state index contributed by atoms with van der Waals surface area (Å²) >= 11 is 0. The van der Waals surface area contributed by atoms with Crippen molar-refractivity contribution in [2.75, 3.05) is 31.6 Å². The number of rotatable bonds is 5. The van der Waals surface area contributed by atoms with Crippen LogP contribution in [0.25, 0.3) is 10.9 Å². The Kier molecular flexibility index (Phi) is 5.76. The predicted octanol–water partition coefficient (Wildman–Crippen LogP) is 5.08. The largest absolute Gasteiger partial charge is 0.497 e. The Morgan fingerprint density at radius 3 is 2.50 bits per heavy atom. The lowest BCUT2D eigenvalue weighted by atomic mass is 9.91. The molecule has 3 heterocycles. The molecule has 2 aliphatic rings. The fourth-order valence-corrected chi connectivity index (χ4v) is 5.06. The first kappa shape index (κ1) is 22.7. The molecule has 0 unspecified atom stereocenters. The maximum Gasteiger partial charge on any atom is 0.415 e. The van der Waals surface area contributed by atoms with Gasteiger partial charge in [-0.15, -0.1) is 0 Å². The number of hydrogen-bond acceptors (Lipinski definition) is 5. The number of carbonyl (C=O) groups excluding carboxylic acids is 1. The van der Waals surface area contributed by atoms with Crippen molar-refractivity contribution in [2.24, 2.45) is 5.41 Å². The van der Waals surface area contributed by atoms with Gasteiger partial charge in [-0.05, 0) is 29.7 Å². The number of ether oxygens (including phenoxy) is 2. The second kappa shape index (κ2) is 8.62. The SMILES string of the molecule is COc1ccc2c(CN3CCC4(CC3)CN(c3ccccc3)C(=O)O4)nn(CC(C)(C)C)c2c1. The standard InChI is InChI=1S/C27H34N4O3/c1-26(2,3)18-31-24-16-21(33-4)10-11-22(24)23(28-31)17-29-14-12-27(13-15-29)19-30(25(32)34-27)20-8-6-5-7-9-20/h5-11,16H,12-15,17-19H2,1-4H3. The van der Waals surface area contributed by atoms with E-state index in [4.69, 9.17) is 14.6 Å². The molecule has 5 rings (SSSR count). The van der Waals surface area contributed by atoms with Gasteiger partial charge >= 0.3 is 6.09 Å². The molecule has 0 aliphatic carbocycles. The van der Waals surface area contributed by atoms with Crippen LogP contribution in [0.4, 0.5) is 10.5 Å². The Labute approximate surface area is 201 Å². The molecule has 180 valence electrons. The molecule has 2 fully saturated rings. The molecule has 2 aliphatic heterocycles. The summed E-state index contributed by atoms with van der Waals surface area (Å²) in [4.78, 5) is 16.8. The van der Waals surface area contributed by atoms with Gasteiger partial charge in [0, 0.05) is 56.2 Å². The third-order valence-electron chi connectivity index (χ3n) is 6.84. The van der Waals surface area contributed by atoms with Gasteiger partial charge in [-0.1, -0.05) is 39.0 Å². The summed E-state index contributed by atoms with van der Waals surface area (Å²) < 4.78 is 13.5. The lowest BCUT2D eigenvalue weighted by Crippen LogP contribution is -2.46. The van der Waals surface area contributed by atoms with Gasteiger partial charge in [0.1, 0.15) is 11.4 Å². The first-order chi connectivity index (χ1) is 16.3. The van der Waals surface area contributed by atoms with E-state index in [1.165, 1.54) is 5.39 Å². The first-order valence-corrected chi connectivity index (χ1v) is 12.1. The highest BCUT2D eigenvalue weighted by Gasteiger charge is 2.47. The van der Waals surface area contributed by atoms with Gasteiger partial charge in [0.25, 0.3) is 0 Å². The number of aromatic nitrogens is 2. The zero-order valence-corrected chi connectivity index (χ0v) is 20.6. The molecule has 0 radical (unpaired) electrons. The van der Waals surface area contributed by atoms with Crippen LogP contribution in [-0.4, -0.2) is 53.1 Å². The van der Waals surface area contributed by atoms with Crippen molar-refractivity contribution in [3.63, 3.8) is 0 Å². The molecule has 0 bridgehead atoms. The molecule has 0 atom stereocenters. The van der Waals surface area contributed by atoms with Gasteiger partial charge in [0.05, 0.1) is 24.9 Å². The number of nitrogens with zero attached hydrogens (tertiary/aromatic N) is 4. The minimum atomic E-state index is -0.398. The second-order valence-corrected chi connectivity index (χ2v) is 10.8. The number of amides is 1. The van der Waals surface area contributed by atoms with Crippen molar-refractivity contribution in [2.45, 2.75) is 52.3 Å². The number of para-hydroxylation sites is 1. The highest BCUT2D eigenvalue weighted by atomic mass is 16.6. The van der Waals surface area contributed by atoms with Crippen molar-refractivity contribution in [1.29, 1.82) is 0 Å². The van der Waals surface area contributed by atoms with Crippen LogP contribution in [-0.2, 0) is 17.8 Å².